The fourth-order valence-corrected chi connectivity index (χ4v) is 2.02. The molecule has 1 aromatic carbocycles. The van der Waals surface area contributed by atoms with Gasteiger partial charge in [0.25, 0.3) is 5.91 Å². The van der Waals surface area contributed by atoms with Crippen molar-refractivity contribution in [2.75, 3.05) is 5.33 Å². The molecule has 1 aliphatic rings. The summed E-state index contributed by atoms with van der Waals surface area (Å²) in [5.74, 6) is -0.212. The lowest BCUT2D eigenvalue weighted by atomic mass is 10.1. The van der Waals surface area contributed by atoms with Gasteiger partial charge in [0.05, 0.1) is 12.5 Å². The summed E-state index contributed by atoms with van der Waals surface area (Å²) in [6.07, 6.45) is -0.477. The average molecular weight is 314 g/mol. The number of benzene rings is 1. The molecule has 0 N–H and O–H groups in total. The van der Waals surface area contributed by atoms with E-state index in [2.05, 4.69) is 15.9 Å². The van der Waals surface area contributed by atoms with Crippen LogP contribution in [0.2, 0.25) is 0 Å². The predicted molar refractivity (Wildman–Crippen MR) is 66.8 cm³/mol. The molecule has 1 aromatic rings. The Bertz CT molecular complexity index is 437. The molecule has 18 heavy (non-hydrogen) atoms. The first-order valence-corrected chi connectivity index (χ1v) is 6.59. The van der Waals surface area contributed by atoms with E-state index in [4.69, 9.17) is 9.57 Å². The van der Waals surface area contributed by atoms with Gasteiger partial charge in [-0.1, -0.05) is 46.3 Å². The number of alkyl halides is 1. The number of hydrogen-bond acceptors (Lipinski definition) is 4. The molecule has 1 amide bonds. The molecule has 0 aliphatic carbocycles. The van der Waals surface area contributed by atoms with Crippen LogP contribution in [0.1, 0.15) is 12.0 Å². The van der Waals surface area contributed by atoms with E-state index in [1.165, 1.54) is 0 Å². The molecule has 0 spiro atoms. The zero-order chi connectivity index (χ0) is 13.0. The number of carbonyl (C=O) groups excluding carboxylic acids is 2. The van der Waals surface area contributed by atoms with Gasteiger partial charge in [-0.25, -0.2) is 4.79 Å². The summed E-state index contributed by atoms with van der Waals surface area (Å²) in [6, 6.07) is 9.16. The Hall–Kier alpha value is -1.56. The quantitative estimate of drug-likeness (QED) is 0.486. The van der Waals surface area contributed by atoms with Crippen LogP contribution in [0.25, 0.3) is 0 Å². The fourth-order valence-electron chi connectivity index (χ4n) is 1.53. The van der Waals surface area contributed by atoms with Crippen molar-refractivity contribution >= 4 is 28.0 Å². The van der Waals surface area contributed by atoms with Gasteiger partial charge in [0.2, 0.25) is 0 Å². The first kappa shape index (κ1) is 12.9. The van der Waals surface area contributed by atoms with Gasteiger partial charge >= 0.3 is 6.16 Å². The van der Waals surface area contributed by atoms with E-state index in [0.717, 1.165) is 10.6 Å². The van der Waals surface area contributed by atoms with Crippen LogP contribution in [0.15, 0.2) is 30.3 Å². The first-order chi connectivity index (χ1) is 8.70. The number of hydroxylamine groups is 2. The van der Waals surface area contributed by atoms with Gasteiger partial charge in [0.15, 0.2) is 0 Å². The number of rotatable bonds is 4. The van der Waals surface area contributed by atoms with Crippen molar-refractivity contribution in [1.29, 1.82) is 0 Å². The molecule has 1 aliphatic heterocycles. The Morgan fingerprint density at radius 2 is 2.11 bits per heavy atom. The fraction of sp³-hybridized carbons (Fsp3) is 0.333. The molecule has 1 unspecified atom stereocenters. The summed E-state index contributed by atoms with van der Waals surface area (Å²) < 4.78 is 4.91. The van der Waals surface area contributed by atoms with E-state index in [-0.39, 0.29) is 18.6 Å². The van der Waals surface area contributed by atoms with Gasteiger partial charge in [-0.3, -0.25) is 4.79 Å². The summed E-state index contributed by atoms with van der Waals surface area (Å²) in [6.45, 7) is 0.126. The molecule has 0 radical (unpaired) electrons. The minimum Gasteiger partial charge on any atom is -0.428 e. The van der Waals surface area contributed by atoms with Crippen molar-refractivity contribution in [3.05, 3.63) is 35.9 Å². The minimum absolute atomic E-state index is 0.0956. The molecule has 1 saturated heterocycles. The molecular formula is C12H12BrNO4. The SMILES string of the molecule is O=C(OCc1ccccc1)ON1C(=O)CC1CBr. The van der Waals surface area contributed by atoms with Crippen molar-refractivity contribution in [3.63, 3.8) is 0 Å². The maximum Gasteiger partial charge on any atom is 0.533 e. The third kappa shape index (κ3) is 3.01. The first-order valence-electron chi connectivity index (χ1n) is 5.47. The monoisotopic (exact) mass is 313 g/mol. The molecule has 6 heteroatoms. The number of hydrogen-bond donors (Lipinski definition) is 0. The topological polar surface area (TPSA) is 55.8 Å². The second-order valence-electron chi connectivity index (χ2n) is 3.85. The molecule has 0 bridgehead atoms. The highest BCUT2D eigenvalue weighted by Gasteiger charge is 2.39. The summed E-state index contributed by atoms with van der Waals surface area (Å²) in [7, 11) is 0. The number of halogens is 1. The summed E-state index contributed by atoms with van der Waals surface area (Å²) >= 11 is 3.23. The molecule has 0 saturated carbocycles. The van der Waals surface area contributed by atoms with Crippen LogP contribution in [0.5, 0.6) is 0 Å². The highest BCUT2D eigenvalue weighted by atomic mass is 79.9. The Kier molecular flexibility index (Phi) is 4.19. The van der Waals surface area contributed by atoms with E-state index in [1.54, 1.807) is 0 Å². The van der Waals surface area contributed by atoms with Crippen LogP contribution in [0.3, 0.4) is 0 Å². The van der Waals surface area contributed by atoms with Crippen molar-refractivity contribution in [2.24, 2.45) is 0 Å². The maximum absolute atomic E-state index is 11.4. The van der Waals surface area contributed by atoms with Gasteiger partial charge in [-0.2, -0.15) is 5.06 Å². The second kappa shape index (κ2) is 5.86. The normalized spacial score (nSPS) is 18.2. The van der Waals surface area contributed by atoms with E-state index in [1.807, 2.05) is 30.3 Å². The van der Waals surface area contributed by atoms with Crippen LogP contribution in [0.4, 0.5) is 4.79 Å². The molecule has 96 valence electrons. The molecule has 1 heterocycles. The number of β-lactam (4-membered cyclic amide) rings is 1. The molecule has 5 nitrogen and oxygen atoms in total. The molecule has 2 rings (SSSR count). The number of amides is 1. The smallest absolute Gasteiger partial charge is 0.428 e. The van der Waals surface area contributed by atoms with Gasteiger partial charge < -0.3 is 9.57 Å². The molecule has 0 aromatic heterocycles. The maximum atomic E-state index is 11.4. The van der Waals surface area contributed by atoms with Gasteiger partial charge in [-0.05, 0) is 5.56 Å². The van der Waals surface area contributed by atoms with Crippen molar-refractivity contribution in [2.45, 2.75) is 19.1 Å². The Morgan fingerprint density at radius 3 is 2.72 bits per heavy atom. The zero-order valence-electron chi connectivity index (χ0n) is 9.54. The highest BCUT2D eigenvalue weighted by molar-refractivity contribution is 9.09. The Balaban J connectivity index is 1.77. The largest absolute Gasteiger partial charge is 0.533 e. The average Bonchev–Trinajstić information content (AvgIpc) is 2.41. The zero-order valence-corrected chi connectivity index (χ0v) is 11.1. The molecule has 1 atom stereocenters. The van der Waals surface area contributed by atoms with E-state index >= 15 is 0 Å². The lowest BCUT2D eigenvalue weighted by Crippen LogP contribution is -2.54. The lowest BCUT2D eigenvalue weighted by molar-refractivity contribution is -0.206. The number of ether oxygens (including phenoxy) is 1. The van der Waals surface area contributed by atoms with Crippen LogP contribution < -0.4 is 0 Å². The molecular weight excluding hydrogens is 302 g/mol. The third-order valence-corrected chi connectivity index (χ3v) is 3.29. The summed E-state index contributed by atoms with van der Waals surface area (Å²) in [4.78, 5) is 27.4. The van der Waals surface area contributed by atoms with Gasteiger partial charge in [-0.15, -0.1) is 0 Å². The van der Waals surface area contributed by atoms with Crippen molar-refractivity contribution < 1.29 is 19.2 Å². The Labute approximate surface area is 113 Å². The highest BCUT2D eigenvalue weighted by Crippen LogP contribution is 2.21. The summed E-state index contributed by atoms with van der Waals surface area (Å²) in [5.41, 5.74) is 0.862. The second-order valence-corrected chi connectivity index (χ2v) is 4.49. The minimum atomic E-state index is -0.863. The van der Waals surface area contributed by atoms with E-state index < -0.39 is 6.16 Å². The standard InChI is InChI=1S/C12H12BrNO4/c13-7-10-6-11(15)14(10)18-12(16)17-8-9-4-2-1-3-5-9/h1-5,10H,6-8H2. The van der Waals surface area contributed by atoms with Crippen LogP contribution >= 0.6 is 15.9 Å². The predicted octanol–water partition coefficient (Wildman–Crippen LogP) is 2.25. The van der Waals surface area contributed by atoms with Crippen LogP contribution in [-0.4, -0.2) is 28.5 Å². The van der Waals surface area contributed by atoms with E-state index in [0.29, 0.717) is 11.8 Å². The third-order valence-electron chi connectivity index (χ3n) is 2.54. The molecule has 1 fully saturated rings. The van der Waals surface area contributed by atoms with Gasteiger partial charge in [0, 0.05) is 5.33 Å². The van der Waals surface area contributed by atoms with Crippen LogP contribution in [-0.2, 0) is 21.0 Å². The number of nitrogens with zero attached hydrogens (tertiary/aromatic N) is 1. The van der Waals surface area contributed by atoms with Gasteiger partial charge in [0.1, 0.15) is 6.61 Å². The summed E-state index contributed by atoms with van der Waals surface area (Å²) in [5, 5.41) is 1.62. The van der Waals surface area contributed by atoms with Crippen LogP contribution in [0, 0.1) is 0 Å². The Morgan fingerprint density at radius 1 is 1.39 bits per heavy atom. The van der Waals surface area contributed by atoms with Crippen molar-refractivity contribution in [1.82, 2.24) is 5.06 Å². The number of carbonyl (C=O) groups is 2. The van der Waals surface area contributed by atoms with E-state index in [9.17, 15) is 9.59 Å². The lowest BCUT2D eigenvalue weighted by Gasteiger charge is -2.35. The van der Waals surface area contributed by atoms with Crippen molar-refractivity contribution in [3.8, 4) is 0 Å².